The van der Waals surface area contributed by atoms with Crippen LogP contribution < -0.4 is 10.6 Å². The van der Waals surface area contributed by atoms with Gasteiger partial charge in [-0.05, 0) is 12.8 Å². The monoisotopic (exact) mass is 271 g/mol. The molecule has 0 bridgehead atoms. The lowest BCUT2D eigenvalue weighted by molar-refractivity contribution is -0.137. The SMILES string of the molecule is CCCC(CC(=O)O)NC(=O)N1CCCNC(=O)C1. The van der Waals surface area contributed by atoms with Crippen molar-refractivity contribution in [3.63, 3.8) is 0 Å². The minimum atomic E-state index is -0.938. The van der Waals surface area contributed by atoms with Crippen LogP contribution in [0.4, 0.5) is 4.79 Å². The van der Waals surface area contributed by atoms with Crippen LogP contribution in [0.3, 0.4) is 0 Å². The third-order valence-corrected chi connectivity index (χ3v) is 2.93. The van der Waals surface area contributed by atoms with Crippen LogP contribution in [0.15, 0.2) is 0 Å². The Balaban J connectivity index is 2.54. The van der Waals surface area contributed by atoms with Crippen molar-refractivity contribution >= 4 is 17.9 Å². The summed E-state index contributed by atoms with van der Waals surface area (Å²) in [5.41, 5.74) is 0. The summed E-state index contributed by atoms with van der Waals surface area (Å²) in [6.45, 7) is 3.02. The highest BCUT2D eigenvalue weighted by Crippen LogP contribution is 2.04. The molecule has 1 rings (SSSR count). The van der Waals surface area contributed by atoms with Crippen LogP contribution in [-0.4, -0.2) is 53.6 Å². The van der Waals surface area contributed by atoms with E-state index in [1.807, 2.05) is 6.92 Å². The van der Waals surface area contributed by atoms with Crippen molar-refractivity contribution < 1.29 is 19.5 Å². The summed E-state index contributed by atoms with van der Waals surface area (Å²) < 4.78 is 0. The lowest BCUT2D eigenvalue weighted by Gasteiger charge is -2.23. The fourth-order valence-electron chi connectivity index (χ4n) is 2.03. The maximum absolute atomic E-state index is 12.0. The van der Waals surface area contributed by atoms with Crippen molar-refractivity contribution in [2.24, 2.45) is 0 Å². The molecule has 0 spiro atoms. The van der Waals surface area contributed by atoms with Gasteiger partial charge in [-0.3, -0.25) is 9.59 Å². The Hall–Kier alpha value is -1.79. The number of carbonyl (C=O) groups excluding carboxylic acids is 2. The Kier molecular flexibility index (Phi) is 6.11. The van der Waals surface area contributed by atoms with Gasteiger partial charge in [-0.25, -0.2) is 4.79 Å². The van der Waals surface area contributed by atoms with Crippen LogP contribution in [-0.2, 0) is 9.59 Å². The fraction of sp³-hybridized carbons (Fsp3) is 0.750. The zero-order valence-corrected chi connectivity index (χ0v) is 11.1. The number of carboxylic acids is 1. The van der Waals surface area contributed by atoms with Crippen molar-refractivity contribution in [1.82, 2.24) is 15.5 Å². The minimum Gasteiger partial charge on any atom is -0.481 e. The number of amides is 3. The highest BCUT2D eigenvalue weighted by Gasteiger charge is 2.22. The molecule has 1 fully saturated rings. The van der Waals surface area contributed by atoms with Gasteiger partial charge in [0, 0.05) is 19.1 Å². The van der Waals surface area contributed by atoms with Gasteiger partial charge in [0.1, 0.15) is 6.54 Å². The van der Waals surface area contributed by atoms with Gasteiger partial charge < -0.3 is 20.6 Å². The Morgan fingerprint density at radius 1 is 1.53 bits per heavy atom. The smallest absolute Gasteiger partial charge is 0.318 e. The van der Waals surface area contributed by atoms with E-state index in [1.165, 1.54) is 4.90 Å². The normalized spacial score (nSPS) is 17.3. The van der Waals surface area contributed by atoms with Crippen LogP contribution in [0, 0.1) is 0 Å². The zero-order valence-electron chi connectivity index (χ0n) is 11.1. The second kappa shape index (κ2) is 7.60. The van der Waals surface area contributed by atoms with E-state index >= 15 is 0 Å². The second-order valence-corrected chi connectivity index (χ2v) is 4.66. The number of rotatable bonds is 5. The topological polar surface area (TPSA) is 98.7 Å². The summed E-state index contributed by atoms with van der Waals surface area (Å²) >= 11 is 0. The molecular weight excluding hydrogens is 250 g/mol. The highest BCUT2D eigenvalue weighted by molar-refractivity contribution is 5.84. The summed E-state index contributed by atoms with van der Waals surface area (Å²) in [6, 6.07) is -0.752. The van der Waals surface area contributed by atoms with E-state index < -0.39 is 5.97 Å². The first-order chi connectivity index (χ1) is 9.02. The summed E-state index contributed by atoms with van der Waals surface area (Å²) in [4.78, 5) is 35.5. The van der Waals surface area contributed by atoms with Crippen molar-refractivity contribution in [3.8, 4) is 0 Å². The Morgan fingerprint density at radius 2 is 2.26 bits per heavy atom. The number of carbonyl (C=O) groups is 3. The highest BCUT2D eigenvalue weighted by atomic mass is 16.4. The van der Waals surface area contributed by atoms with Crippen LogP contribution in [0.25, 0.3) is 0 Å². The molecule has 1 atom stereocenters. The van der Waals surface area contributed by atoms with Crippen molar-refractivity contribution in [3.05, 3.63) is 0 Å². The summed E-state index contributed by atoms with van der Waals surface area (Å²) in [5.74, 6) is -1.12. The van der Waals surface area contributed by atoms with Crippen molar-refractivity contribution in [2.45, 2.75) is 38.6 Å². The Bertz CT molecular complexity index is 346. The molecule has 7 heteroatoms. The van der Waals surface area contributed by atoms with Crippen LogP contribution in [0.1, 0.15) is 32.6 Å². The molecule has 1 aliphatic heterocycles. The van der Waals surface area contributed by atoms with E-state index in [-0.39, 0.29) is 30.9 Å². The maximum atomic E-state index is 12.0. The Labute approximate surface area is 112 Å². The molecule has 1 unspecified atom stereocenters. The van der Waals surface area contributed by atoms with Crippen LogP contribution >= 0.6 is 0 Å². The van der Waals surface area contributed by atoms with E-state index in [1.54, 1.807) is 0 Å². The van der Waals surface area contributed by atoms with Crippen LogP contribution in [0.2, 0.25) is 0 Å². The quantitative estimate of drug-likeness (QED) is 0.663. The third-order valence-electron chi connectivity index (χ3n) is 2.93. The number of hydrogen-bond acceptors (Lipinski definition) is 3. The summed E-state index contributed by atoms with van der Waals surface area (Å²) in [5, 5.41) is 14.2. The van der Waals surface area contributed by atoms with E-state index in [9.17, 15) is 14.4 Å². The lowest BCUT2D eigenvalue weighted by atomic mass is 10.1. The van der Waals surface area contributed by atoms with E-state index in [0.717, 1.165) is 6.42 Å². The number of nitrogens with zero attached hydrogens (tertiary/aromatic N) is 1. The van der Waals surface area contributed by atoms with Gasteiger partial charge in [0.05, 0.1) is 6.42 Å². The van der Waals surface area contributed by atoms with E-state index in [2.05, 4.69) is 10.6 Å². The molecule has 19 heavy (non-hydrogen) atoms. The standard InChI is InChI=1S/C12H21N3O4/c1-2-4-9(7-11(17)18)14-12(19)15-6-3-5-13-10(16)8-15/h9H,2-8H2,1H3,(H,13,16)(H,14,19)(H,17,18). The van der Waals surface area contributed by atoms with Crippen LogP contribution in [0.5, 0.6) is 0 Å². The summed E-state index contributed by atoms with van der Waals surface area (Å²) in [6.07, 6.45) is 2.01. The molecule has 1 heterocycles. The average molecular weight is 271 g/mol. The van der Waals surface area contributed by atoms with Gasteiger partial charge in [0.15, 0.2) is 0 Å². The van der Waals surface area contributed by atoms with Crippen molar-refractivity contribution in [1.29, 1.82) is 0 Å². The first kappa shape index (κ1) is 15.3. The molecule has 0 aromatic heterocycles. The number of urea groups is 1. The molecule has 0 aromatic carbocycles. The molecule has 0 radical (unpaired) electrons. The minimum absolute atomic E-state index is 0.0255. The van der Waals surface area contributed by atoms with Gasteiger partial charge in [0.2, 0.25) is 5.91 Å². The first-order valence-electron chi connectivity index (χ1n) is 6.56. The van der Waals surface area contributed by atoms with E-state index in [0.29, 0.717) is 25.9 Å². The number of carboxylic acid groups (broad SMARTS) is 1. The maximum Gasteiger partial charge on any atom is 0.318 e. The molecule has 3 amide bonds. The fourth-order valence-corrected chi connectivity index (χ4v) is 2.03. The molecule has 108 valence electrons. The van der Waals surface area contributed by atoms with Gasteiger partial charge in [-0.1, -0.05) is 13.3 Å². The second-order valence-electron chi connectivity index (χ2n) is 4.66. The predicted octanol–water partition coefficient (Wildman–Crippen LogP) is 0.161. The third kappa shape index (κ3) is 5.58. The number of nitrogens with one attached hydrogen (secondary N) is 2. The Morgan fingerprint density at radius 3 is 2.89 bits per heavy atom. The zero-order chi connectivity index (χ0) is 14.3. The molecule has 0 aromatic rings. The number of hydrogen-bond donors (Lipinski definition) is 3. The largest absolute Gasteiger partial charge is 0.481 e. The molecule has 0 aliphatic carbocycles. The van der Waals surface area contributed by atoms with Crippen molar-refractivity contribution in [2.75, 3.05) is 19.6 Å². The van der Waals surface area contributed by atoms with E-state index in [4.69, 9.17) is 5.11 Å². The van der Waals surface area contributed by atoms with Gasteiger partial charge in [-0.15, -0.1) is 0 Å². The molecule has 1 saturated heterocycles. The molecular formula is C12H21N3O4. The molecule has 0 saturated carbocycles. The van der Waals surface area contributed by atoms with Gasteiger partial charge in [0.25, 0.3) is 0 Å². The van der Waals surface area contributed by atoms with Gasteiger partial charge in [-0.2, -0.15) is 0 Å². The molecule has 3 N–H and O–H groups in total. The molecule has 7 nitrogen and oxygen atoms in total. The average Bonchev–Trinajstić information content (AvgIpc) is 2.53. The molecule has 1 aliphatic rings. The number of aliphatic carboxylic acids is 1. The predicted molar refractivity (Wildman–Crippen MR) is 68.7 cm³/mol. The van der Waals surface area contributed by atoms with Gasteiger partial charge >= 0.3 is 12.0 Å². The first-order valence-corrected chi connectivity index (χ1v) is 6.56. The lowest BCUT2D eigenvalue weighted by Crippen LogP contribution is -2.47. The summed E-state index contributed by atoms with van der Waals surface area (Å²) in [7, 11) is 0.